The Hall–Kier alpha value is -0.810. The van der Waals surface area contributed by atoms with Crippen LogP contribution in [0.3, 0.4) is 0 Å². The number of piperidine rings is 1. The lowest BCUT2D eigenvalue weighted by Crippen LogP contribution is -2.52. The van der Waals surface area contributed by atoms with Crippen molar-refractivity contribution >= 4 is 6.09 Å². The third-order valence-corrected chi connectivity index (χ3v) is 5.01. The molecule has 0 aromatic rings. The Bertz CT molecular complexity index is 425. The summed E-state index contributed by atoms with van der Waals surface area (Å²) in [6.45, 7) is 16.0. The van der Waals surface area contributed by atoms with Gasteiger partial charge in [-0.3, -0.25) is 0 Å². The zero-order valence-corrected chi connectivity index (χ0v) is 16.5. The van der Waals surface area contributed by atoms with Crippen molar-refractivity contribution in [2.24, 2.45) is 0 Å². The van der Waals surface area contributed by atoms with Crippen molar-refractivity contribution in [3.63, 3.8) is 0 Å². The highest BCUT2D eigenvalue weighted by Gasteiger charge is 2.33. The molecule has 5 nitrogen and oxygen atoms in total. The molecule has 0 aromatic heterocycles. The maximum absolute atomic E-state index is 12.5. The van der Waals surface area contributed by atoms with Gasteiger partial charge < -0.3 is 19.9 Å². The topological polar surface area (TPSA) is 44.8 Å². The first-order valence-corrected chi connectivity index (χ1v) is 9.54. The van der Waals surface area contributed by atoms with Crippen LogP contribution in [-0.2, 0) is 4.74 Å². The van der Waals surface area contributed by atoms with Gasteiger partial charge in [-0.15, -0.1) is 0 Å². The van der Waals surface area contributed by atoms with E-state index < -0.39 is 5.60 Å². The molecule has 2 rings (SSSR count). The molecule has 2 unspecified atom stereocenters. The maximum atomic E-state index is 12.5. The van der Waals surface area contributed by atoms with E-state index in [0.717, 1.165) is 12.6 Å². The predicted octanol–water partition coefficient (Wildman–Crippen LogP) is 3.24. The lowest BCUT2D eigenvalue weighted by Gasteiger charge is -2.38. The van der Waals surface area contributed by atoms with Crippen LogP contribution in [0.15, 0.2) is 0 Å². The molecule has 24 heavy (non-hydrogen) atoms. The number of ether oxygens (including phenoxy) is 1. The van der Waals surface area contributed by atoms with Crippen LogP contribution < -0.4 is 5.32 Å². The third kappa shape index (κ3) is 5.62. The van der Waals surface area contributed by atoms with E-state index >= 15 is 0 Å². The Morgan fingerprint density at radius 2 is 1.88 bits per heavy atom. The first-order chi connectivity index (χ1) is 11.1. The normalized spacial score (nSPS) is 25.4. The number of fused-ring (bicyclic) bond motifs is 1. The maximum Gasteiger partial charge on any atom is 0.410 e. The summed E-state index contributed by atoms with van der Waals surface area (Å²) in [6.07, 6.45) is 4.96. The molecule has 0 aliphatic carbocycles. The fraction of sp³-hybridized carbons (Fsp3) is 0.947. The number of carbonyl (C=O) groups is 1. The summed E-state index contributed by atoms with van der Waals surface area (Å²) in [5.41, 5.74) is -0.692. The average Bonchev–Trinajstić information content (AvgIpc) is 2.87. The van der Waals surface area contributed by atoms with E-state index in [1.165, 1.54) is 38.8 Å². The van der Waals surface area contributed by atoms with Crippen LogP contribution in [0.5, 0.6) is 0 Å². The fourth-order valence-electron chi connectivity index (χ4n) is 3.81. The lowest BCUT2D eigenvalue weighted by molar-refractivity contribution is 0.00623. The highest BCUT2D eigenvalue weighted by molar-refractivity contribution is 5.69. The molecule has 2 atom stereocenters. The number of hydrogen-bond acceptors (Lipinski definition) is 4. The minimum absolute atomic E-state index is 0.220. The number of nitrogens with zero attached hydrogens (tertiary/aromatic N) is 2. The van der Waals surface area contributed by atoms with Crippen molar-refractivity contribution in [3.8, 4) is 0 Å². The molecule has 0 bridgehead atoms. The summed E-state index contributed by atoms with van der Waals surface area (Å²) < 4.78 is 5.58. The second-order valence-electron chi connectivity index (χ2n) is 9.31. The largest absolute Gasteiger partial charge is 0.444 e. The Balaban J connectivity index is 1.81. The highest BCUT2D eigenvalue weighted by atomic mass is 16.6. The van der Waals surface area contributed by atoms with Crippen molar-refractivity contribution < 1.29 is 9.53 Å². The van der Waals surface area contributed by atoms with Crippen LogP contribution in [0.2, 0.25) is 0 Å². The molecule has 2 aliphatic heterocycles. The van der Waals surface area contributed by atoms with E-state index in [-0.39, 0.29) is 11.6 Å². The summed E-state index contributed by atoms with van der Waals surface area (Å²) in [5.74, 6) is 0. The Labute approximate surface area is 148 Å². The Morgan fingerprint density at radius 3 is 2.50 bits per heavy atom. The second-order valence-corrected chi connectivity index (χ2v) is 9.31. The Morgan fingerprint density at radius 1 is 1.17 bits per heavy atom. The number of nitrogens with one attached hydrogen (secondary N) is 1. The van der Waals surface area contributed by atoms with Crippen molar-refractivity contribution in [3.05, 3.63) is 0 Å². The van der Waals surface area contributed by atoms with Crippen molar-refractivity contribution in [1.82, 2.24) is 15.1 Å². The third-order valence-electron chi connectivity index (χ3n) is 5.01. The SMILES string of the molecule is CC(C)(C)OC(=O)N(CCNC1CCN2CCCC2C1)C(C)(C)C. The molecular formula is C19H37N3O2. The molecule has 0 spiro atoms. The van der Waals surface area contributed by atoms with Gasteiger partial charge in [-0.2, -0.15) is 0 Å². The molecule has 5 heteroatoms. The quantitative estimate of drug-likeness (QED) is 0.854. The smallest absolute Gasteiger partial charge is 0.410 e. The Kier molecular flexibility index (Phi) is 6.19. The highest BCUT2D eigenvalue weighted by Crippen LogP contribution is 2.26. The minimum Gasteiger partial charge on any atom is -0.444 e. The van der Waals surface area contributed by atoms with Gasteiger partial charge in [-0.05, 0) is 80.3 Å². The van der Waals surface area contributed by atoms with Crippen LogP contribution in [0.4, 0.5) is 4.79 Å². The van der Waals surface area contributed by atoms with Gasteiger partial charge in [0.1, 0.15) is 5.60 Å². The van der Waals surface area contributed by atoms with Crippen LogP contribution in [0, 0.1) is 0 Å². The zero-order chi connectivity index (χ0) is 18.0. The van der Waals surface area contributed by atoms with Gasteiger partial charge in [0, 0.05) is 30.7 Å². The molecule has 1 N–H and O–H groups in total. The van der Waals surface area contributed by atoms with Gasteiger partial charge in [-0.25, -0.2) is 4.79 Å². The van der Waals surface area contributed by atoms with Gasteiger partial charge in [0.05, 0.1) is 0 Å². The number of hydrogen-bond donors (Lipinski definition) is 1. The molecule has 0 radical (unpaired) electrons. The predicted molar refractivity (Wildman–Crippen MR) is 98.3 cm³/mol. The summed E-state index contributed by atoms with van der Waals surface area (Å²) in [6, 6.07) is 1.37. The summed E-state index contributed by atoms with van der Waals surface area (Å²) in [5, 5.41) is 3.68. The van der Waals surface area contributed by atoms with Gasteiger partial charge in [0.15, 0.2) is 0 Å². The molecule has 1 amide bonds. The standard InChI is InChI=1S/C19H37N3O2/c1-18(2,3)22(17(23)24-19(4,5)6)13-10-20-15-9-12-21-11-7-8-16(21)14-15/h15-16,20H,7-14H2,1-6H3. The summed E-state index contributed by atoms with van der Waals surface area (Å²) >= 11 is 0. The first-order valence-electron chi connectivity index (χ1n) is 9.54. The fourth-order valence-corrected chi connectivity index (χ4v) is 3.81. The molecule has 2 fully saturated rings. The number of rotatable bonds is 4. The minimum atomic E-state index is -0.455. The van der Waals surface area contributed by atoms with Crippen molar-refractivity contribution in [2.45, 2.75) is 90.4 Å². The van der Waals surface area contributed by atoms with Gasteiger partial charge in [0.25, 0.3) is 0 Å². The molecule has 0 saturated carbocycles. The van der Waals surface area contributed by atoms with E-state index in [0.29, 0.717) is 12.6 Å². The first kappa shape index (κ1) is 19.5. The van der Waals surface area contributed by atoms with Gasteiger partial charge >= 0.3 is 6.09 Å². The van der Waals surface area contributed by atoms with E-state index in [1.54, 1.807) is 0 Å². The molecule has 2 saturated heterocycles. The van der Waals surface area contributed by atoms with Crippen LogP contribution in [-0.4, -0.2) is 65.3 Å². The zero-order valence-electron chi connectivity index (χ0n) is 16.5. The van der Waals surface area contributed by atoms with E-state index in [1.807, 2.05) is 25.7 Å². The second kappa shape index (κ2) is 7.61. The van der Waals surface area contributed by atoms with Crippen molar-refractivity contribution in [1.29, 1.82) is 0 Å². The molecule has 140 valence electrons. The molecule has 2 aliphatic rings. The molecule has 0 aromatic carbocycles. The van der Waals surface area contributed by atoms with Crippen LogP contribution >= 0.6 is 0 Å². The van der Waals surface area contributed by atoms with E-state index in [4.69, 9.17) is 4.74 Å². The van der Waals surface area contributed by atoms with Gasteiger partial charge in [0.2, 0.25) is 0 Å². The molecular weight excluding hydrogens is 302 g/mol. The van der Waals surface area contributed by atoms with Gasteiger partial charge in [-0.1, -0.05) is 0 Å². The monoisotopic (exact) mass is 339 g/mol. The lowest BCUT2D eigenvalue weighted by atomic mass is 9.97. The van der Waals surface area contributed by atoms with Crippen LogP contribution in [0.1, 0.15) is 67.2 Å². The molecule has 2 heterocycles. The van der Waals surface area contributed by atoms with E-state index in [2.05, 4.69) is 31.0 Å². The number of amides is 1. The summed E-state index contributed by atoms with van der Waals surface area (Å²) in [4.78, 5) is 17.0. The summed E-state index contributed by atoms with van der Waals surface area (Å²) in [7, 11) is 0. The van der Waals surface area contributed by atoms with Crippen LogP contribution in [0.25, 0.3) is 0 Å². The van der Waals surface area contributed by atoms with E-state index in [9.17, 15) is 4.79 Å². The number of carbonyl (C=O) groups excluding carboxylic acids is 1. The average molecular weight is 340 g/mol. The van der Waals surface area contributed by atoms with Crippen molar-refractivity contribution in [2.75, 3.05) is 26.2 Å².